The second-order valence-corrected chi connectivity index (χ2v) is 13.1. The highest BCUT2D eigenvalue weighted by atomic mass is 19.4. The van der Waals surface area contributed by atoms with Gasteiger partial charge in [0.1, 0.15) is 11.7 Å². The minimum atomic E-state index is -4.49. The third-order valence-electron chi connectivity index (χ3n) is 10.1. The number of aromatic hydroxyl groups is 1. The quantitative estimate of drug-likeness (QED) is 0.224. The first-order valence-corrected chi connectivity index (χ1v) is 15.5. The van der Waals surface area contributed by atoms with Crippen LogP contribution in [0.1, 0.15) is 62.3 Å². The molecule has 4 aliphatic rings. The number of benzene rings is 2. The summed E-state index contributed by atoms with van der Waals surface area (Å²) in [6.07, 6.45) is 1.61. The molecule has 2 bridgehead atoms. The average Bonchev–Trinajstić information content (AvgIpc) is 3.33. The number of likely N-dealkylation sites (tertiary alicyclic amines) is 1. The number of piperidine rings is 1. The molecule has 1 N–H and O–H groups in total. The topological polar surface area (TPSA) is 79.3 Å². The fraction of sp³-hybridized carbons (Fsp3) is 0.486. The van der Waals surface area contributed by atoms with Gasteiger partial charge in [0.05, 0.1) is 23.1 Å². The van der Waals surface area contributed by atoms with Crippen molar-refractivity contribution in [2.75, 3.05) is 19.6 Å². The number of halogens is 3. The number of hydrogen-bond donors (Lipinski definition) is 1. The summed E-state index contributed by atoms with van der Waals surface area (Å²) in [6.45, 7) is 11.1. The molecule has 6 rings (SSSR count). The number of hydrogen-bond acceptors (Lipinski definition) is 6. The van der Waals surface area contributed by atoms with Crippen molar-refractivity contribution in [2.24, 2.45) is 5.92 Å². The van der Waals surface area contributed by atoms with E-state index in [0.29, 0.717) is 51.1 Å². The fourth-order valence-electron chi connectivity index (χ4n) is 8.61. The molecule has 1 saturated heterocycles. The molecule has 10 heteroatoms. The minimum Gasteiger partial charge on any atom is -0.504 e. The fourth-order valence-corrected chi connectivity index (χ4v) is 8.61. The summed E-state index contributed by atoms with van der Waals surface area (Å²) >= 11 is 0. The maximum atomic E-state index is 14.0. The Morgan fingerprint density at radius 2 is 2.02 bits per heavy atom. The van der Waals surface area contributed by atoms with Gasteiger partial charge in [-0.2, -0.15) is 13.2 Å². The molecule has 2 aromatic carbocycles. The zero-order valence-corrected chi connectivity index (χ0v) is 25.8. The third kappa shape index (κ3) is 4.92. The molecule has 2 aliphatic heterocycles. The van der Waals surface area contributed by atoms with Gasteiger partial charge in [-0.15, -0.1) is 6.58 Å². The van der Waals surface area contributed by atoms with E-state index in [1.165, 1.54) is 31.2 Å². The van der Waals surface area contributed by atoms with Crippen LogP contribution in [-0.2, 0) is 32.3 Å². The van der Waals surface area contributed by atoms with Crippen LogP contribution < -0.4 is 4.74 Å². The molecule has 0 unspecified atom stereocenters. The van der Waals surface area contributed by atoms with Crippen LogP contribution in [0.25, 0.3) is 6.08 Å². The number of rotatable bonds is 8. The first-order valence-electron chi connectivity index (χ1n) is 15.5. The highest BCUT2D eigenvalue weighted by Crippen LogP contribution is 2.67. The van der Waals surface area contributed by atoms with E-state index in [4.69, 9.17) is 9.47 Å². The van der Waals surface area contributed by atoms with E-state index >= 15 is 0 Å². The molecule has 1 amide bonds. The van der Waals surface area contributed by atoms with E-state index in [-0.39, 0.29) is 29.2 Å². The van der Waals surface area contributed by atoms with E-state index in [9.17, 15) is 27.9 Å². The molecule has 2 aromatic rings. The Morgan fingerprint density at radius 3 is 2.71 bits per heavy atom. The number of alkyl halides is 3. The molecule has 1 spiro atoms. The lowest BCUT2D eigenvalue weighted by molar-refractivity contribution is -0.223. The first-order chi connectivity index (χ1) is 21.3. The summed E-state index contributed by atoms with van der Waals surface area (Å²) in [6, 6.07) is 7.82. The minimum absolute atomic E-state index is 0.00569. The van der Waals surface area contributed by atoms with Crippen molar-refractivity contribution in [1.82, 2.24) is 9.80 Å². The summed E-state index contributed by atoms with van der Waals surface area (Å²) in [5.74, 6) is -0.273. The molecule has 0 aromatic heterocycles. The van der Waals surface area contributed by atoms with Gasteiger partial charge < -0.3 is 19.5 Å². The van der Waals surface area contributed by atoms with Gasteiger partial charge in [-0.1, -0.05) is 38.1 Å². The summed E-state index contributed by atoms with van der Waals surface area (Å²) in [4.78, 5) is 30.9. The Hall–Kier alpha value is -3.79. The van der Waals surface area contributed by atoms with Gasteiger partial charge in [0.15, 0.2) is 11.5 Å². The lowest BCUT2D eigenvalue weighted by Gasteiger charge is -2.65. The monoisotopic (exact) mass is 624 g/mol. The molecule has 1 saturated carbocycles. The Labute approximate surface area is 261 Å². The number of ether oxygens (including phenoxy) is 2. The van der Waals surface area contributed by atoms with Crippen LogP contribution in [0.4, 0.5) is 13.2 Å². The van der Waals surface area contributed by atoms with E-state index < -0.39 is 40.9 Å². The SMILES string of the molecule is C=CCN1CC[C@]23c4c5ccc(O)c4O[C@H]2[C@@H](N(CC(C)C)C(=O)C=Cc2cccc(C(F)(F)F)c2)CC[C@@]3(OC(C)=O)[C@H]1C5. The highest BCUT2D eigenvalue weighted by molar-refractivity contribution is 5.92. The molecular formula is C35H39F3N2O5. The molecule has 7 nitrogen and oxygen atoms in total. The molecule has 2 heterocycles. The van der Waals surface area contributed by atoms with E-state index in [2.05, 4.69) is 11.5 Å². The second kappa shape index (κ2) is 11.2. The maximum Gasteiger partial charge on any atom is 0.416 e. The Morgan fingerprint density at radius 1 is 1.24 bits per heavy atom. The van der Waals surface area contributed by atoms with Crippen LogP contribution in [-0.4, -0.2) is 70.2 Å². The number of phenols is 1. The number of carbonyl (C=O) groups is 2. The van der Waals surface area contributed by atoms with Crippen molar-refractivity contribution >= 4 is 18.0 Å². The Bertz CT molecular complexity index is 1550. The maximum absolute atomic E-state index is 14.0. The Balaban J connectivity index is 1.44. The van der Waals surface area contributed by atoms with Gasteiger partial charge in [0.25, 0.3) is 0 Å². The molecule has 240 valence electrons. The summed E-state index contributed by atoms with van der Waals surface area (Å²) in [7, 11) is 0. The van der Waals surface area contributed by atoms with E-state index in [1.807, 2.05) is 26.0 Å². The van der Waals surface area contributed by atoms with Crippen molar-refractivity contribution in [3.63, 3.8) is 0 Å². The van der Waals surface area contributed by atoms with Crippen LogP contribution in [0.15, 0.2) is 55.1 Å². The van der Waals surface area contributed by atoms with Gasteiger partial charge in [0.2, 0.25) is 5.91 Å². The van der Waals surface area contributed by atoms with Gasteiger partial charge >= 0.3 is 12.1 Å². The van der Waals surface area contributed by atoms with Gasteiger partial charge in [-0.05, 0) is 67.0 Å². The summed E-state index contributed by atoms with van der Waals surface area (Å²) in [5.41, 5.74) is -0.392. The standard InChI is InChI=1S/C35H39F3N2O5/c1-5-16-39-17-15-33-30-24-10-11-27(42)31(30)44-32(33)26(13-14-34(33,28(39)19-24)45-22(4)41)40(20-21(2)3)29(43)12-9-23-7-6-8-25(18-23)35(36,37)38/h5-12,18,21,26,28,32,42H,1,13-17,19-20H2,2-4H3/t26-,28+,32-,33-,34+/m0/s1. The van der Waals surface area contributed by atoms with Crippen molar-refractivity contribution in [2.45, 2.75) is 81.8 Å². The number of esters is 1. The van der Waals surface area contributed by atoms with Crippen molar-refractivity contribution in [3.05, 3.63) is 77.4 Å². The largest absolute Gasteiger partial charge is 0.504 e. The lowest BCUT2D eigenvalue weighted by atomic mass is 9.48. The summed E-state index contributed by atoms with van der Waals surface area (Å²) in [5, 5.41) is 11.1. The average molecular weight is 625 g/mol. The van der Waals surface area contributed by atoms with Crippen LogP contribution in [0.3, 0.4) is 0 Å². The van der Waals surface area contributed by atoms with Crippen molar-refractivity contribution in [3.8, 4) is 11.5 Å². The molecular weight excluding hydrogens is 585 g/mol. The lowest BCUT2D eigenvalue weighted by Crippen LogP contribution is -2.79. The van der Waals surface area contributed by atoms with Crippen LogP contribution in [0.5, 0.6) is 11.5 Å². The predicted molar refractivity (Wildman–Crippen MR) is 163 cm³/mol. The van der Waals surface area contributed by atoms with Crippen molar-refractivity contribution in [1.29, 1.82) is 0 Å². The molecule has 5 atom stereocenters. The number of phenolic OH excluding ortho intramolecular Hbond substituents is 1. The van der Waals surface area contributed by atoms with Gasteiger partial charge in [0, 0.05) is 38.2 Å². The Kier molecular flexibility index (Phi) is 7.78. The first kappa shape index (κ1) is 31.2. The highest BCUT2D eigenvalue weighted by Gasteiger charge is 2.75. The molecule has 2 aliphatic carbocycles. The predicted octanol–water partition coefficient (Wildman–Crippen LogP) is 5.89. The van der Waals surface area contributed by atoms with Crippen molar-refractivity contribution < 1.29 is 37.3 Å². The van der Waals surface area contributed by atoms with E-state index in [1.54, 1.807) is 11.0 Å². The molecule has 0 radical (unpaired) electrons. The van der Waals surface area contributed by atoms with Crippen LogP contribution >= 0.6 is 0 Å². The zero-order valence-electron chi connectivity index (χ0n) is 25.8. The van der Waals surface area contributed by atoms with E-state index in [0.717, 1.165) is 23.3 Å². The normalized spacial score (nSPS) is 28.5. The van der Waals surface area contributed by atoms with Gasteiger partial charge in [-0.25, -0.2) is 0 Å². The van der Waals surface area contributed by atoms with Crippen LogP contribution in [0, 0.1) is 5.92 Å². The smallest absolute Gasteiger partial charge is 0.416 e. The molecule has 2 fully saturated rings. The second-order valence-electron chi connectivity index (χ2n) is 13.1. The molecule has 45 heavy (non-hydrogen) atoms. The number of carbonyl (C=O) groups excluding carboxylic acids is 2. The number of nitrogens with zero attached hydrogens (tertiary/aromatic N) is 2. The number of amides is 1. The van der Waals surface area contributed by atoms with Crippen LogP contribution in [0.2, 0.25) is 0 Å². The third-order valence-corrected chi connectivity index (χ3v) is 10.1. The zero-order chi connectivity index (χ0) is 32.3. The van der Waals surface area contributed by atoms with Gasteiger partial charge in [-0.3, -0.25) is 14.5 Å². The summed E-state index contributed by atoms with van der Waals surface area (Å²) < 4.78 is 53.1.